The zero-order valence-electron chi connectivity index (χ0n) is 24.6. The lowest BCUT2D eigenvalue weighted by Crippen LogP contribution is -2.44. The Kier molecular flexibility index (Phi) is 7.74. The first-order valence-corrected chi connectivity index (χ1v) is 15.3. The van der Waals surface area contributed by atoms with E-state index >= 15 is 13.2 Å². The second-order valence-corrected chi connectivity index (χ2v) is 12.2. The van der Waals surface area contributed by atoms with Crippen molar-refractivity contribution in [2.45, 2.75) is 50.5 Å². The third-order valence-electron chi connectivity index (χ3n) is 9.41. The Balaban J connectivity index is 1.16. The summed E-state index contributed by atoms with van der Waals surface area (Å²) < 4.78 is 66.2. The van der Waals surface area contributed by atoms with Gasteiger partial charge in [0.25, 0.3) is 0 Å². The zero-order valence-corrected chi connectivity index (χ0v) is 24.6. The van der Waals surface area contributed by atoms with E-state index in [1.165, 1.54) is 18.2 Å². The number of anilines is 1. The first kappa shape index (κ1) is 28.8. The van der Waals surface area contributed by atoms with Crippen LogP contribution in [0.25, 0.3) is 11.3 Å². The molecule has 5 nitrogen and oxygen atoms in total. The third kappa shape index (κ3) is 5.54. The van der Waals surface area contributed by atoms with E-state index in [0.29, 0.717) is 42.2 Å². The Morgan fingerprint density at radius 2 is 1.73 bits per heavy atom. The van der Waals surface area contributed by atoms with Crippen LogP contribution in [0.3, 0.4) is 0 Å². The average molecular weight is 603 g/mol. The summed E-state index contributed by atoms with van der Waals surface area (Å²) in [7, 11) is 2.08. The van der Waals surface area contributed by atoms with Crippen LogP contribution in [0.2, 0.25) is 0 Å². The molecule has 1 saturated heterocycles. The quantitative estimate of drug-likeness (QED) is 0.234. The van der Waals surface area contributed by atoms with Crippen LogP contribution < -0.4 is 9.64 Å². The van der Waals surface area contributed by atoms with Gasteiger partial charge in [-0.15, -0.1) is 0 Å². The minimum atomic E-state index is -0.686. The SMILES string of the molecule is CN1CCC(c2ccc(Cc3ncc(F)c(-c4cc(F)c5c(c4)N(C4CCc6cccc(F)c6C4)CCO5)n3)cc2F)CC1. The number of aryl methyl sites for hydroxylation is 1. The Morgan fingerprint density at radius 1 is 0.886 bits per heavy atom. The van der Waals surface area contributed by atoms with E-state index in [-0.39, 0.29) is 47.0 Å². The zero-order chi connectivity index (χ0) is 30.4. The molecule has 2 aliphatic heterocycles. The number of hydrogen-bond acceptors (Lipinski definition) is 5. The minimum Gasteiger partial charge on any atom is -0.486 e. The lowest BCUT2D eigenvalue weighted by atomic mass is 9.86. The van der Waals surface area contributed by atoms with Gasteiger partial charge < -0.3 is 14.5 Å². The summed E-state index contributed by atoms with van der Waals surface area (Å²) in [6.45, 7) is 2.68. The molecule has 7 rings (SSSR count). The molecule has 0 spiro atoms. The highest BCUT2D eigenvalue weighted by atomic mass is 19.1. The minimum absolute atomic E-state index is 0.0364. The smallest absolute Gasteiger partial charge is 0.178 e. The number of hydrogen-bond donors (Lipinski definition) is 0. The summed E-state index contributed by atoms with van der Waals surface area (Å²) in [5.41, 5.74) is 3.81. The lowest BCUT2D eigenvalue weighted by molar-refractivity contribution is 0.253. The van der Waals surface area contributed by atoms with Crippen molar-refractivity contribution in [1.29, 1.82) is 0 Å². The molecule has 1 aromatic heterocycles. The van der Waals surface area contributed by atoms with Crippen LogP contribution in [-0.4, -0.2) is 54.2 Å². The molecule has 44 heavy (non-hydrogen) atoms. The van der Waals surface area contributed by atoms with Gasteiger partial charge in [0, 0.05) is 18.0 Å². The number of ether oxygens (including phenoxy) is 1. The molecule has 9 heteroatoms. The highest BCUT2D eigenvalue weighted by Crippen LogP contribution is 2.41. The molecule has 3 heterocycles. The second-order valence-electron chi connectivity index (χ2n) is 12.2. The van der Waals surface area contributed by atoms with E-state index in [0.717, 1.165) is 56.1 Å². The van der Waals surface area contributed by atoms with Gasteiger partial charge >= 0.3 is 0 Å². The van der Waals surface area contributed by atoms with Crippen molar-refractivity contribution in [3.63, 3.8) is 0 Å². The monoisotopic (exact) mass is 602 g/mol. The standard InChI is InChI=1S/C35H34F4N4O/c1-42-11-9-23(10-12-42)26-8-5-21(15-29(26)37)16-33-40-20-31(39)34(41-33)24-17-30(38)35-32(18-24)43(13-14-44-35)25-7-6-22-3-2-4-28(36)27(22)19-25/h2-5,8,15,17-18,20,23,25H,6-7,9-14,16,19H2,1H3. The molecule has 1 fully saturated rings. The molecule has 0 bridgehead atoms. The maximum atomic E-state index is 15.5. The van der Waals surface area contributed by atoms with Crippen LogP contribution in [0.1, 0.15) is 53.3 Å². The van der Waals surface area contributed by atoms with Crippen molar-refractivity contribution < 1.29 is 22.3 Å². The first-order valence-electron chi connectivity index (χ1n) is 15.3. The van der Waals surface area contributed by atoms with Gasteiger partial charge in [-0.2, -0.15) is 0 Å². The summed E-state index contributed by atoms with van der Waals surface area (Å²) >= 11 is 0. The molecular formula is C35H34F4N4O. The fraction of sp³-hybridized carbons (Fsp3) is 0.371. The molecule has 228 valence electrons. The van der Waals surface area contributed by atoms with Crippen molar-refractivity contribution >= 4 is 5.69 Å². The fourth-order valence-electron chi connectivity index (χ4n) is 7.01. The van der Waals surface area contributed by atoms with Crippen molar-refractivity contribution in [3.8, 4) is 17.0 Å². The maximum absolute atomic E-state index is 15.5. The number of likely N-dealkylation sites (tertiary alicyclic amines) is 1. The summed E-state index contributed by atoms with van der Waals surface area (Å²) in [4.78, 5) is 12.9. The highest BCUT2D eigenvalue weighted by Gasteiger charge is 2.32. The maximum Gasteiger partial charge on any atom is 0.178 e. The number of benzene rings is 3. The topological polar surface area (TPSA) is 41.5 Å². The van der Waals surface area contributed by atoms with Crippen LogP contribution in [0.5, 0.6) is 5.75 Å². The summed E-state index contributed by atoms with van der Waals surface area (Å²) in [5, 5.41) is 0. The van der Waals surface area contributed by atoms with Gasteiger partial charge in [0.15, 0.2) is 17.4 Å². The average Bonchev–Trinajstić information content (AvgIpc) is 3.02. The molecule has 0 radical (unpaired) electrons. The molecule has 4 aromatic rings. The first-order chi connectivity index (χ1) is 21.3. The normalized spacial score (nSPS) is 18.9. The van der Waals surface area contributed by atoms with E-state index in [2.05, 4.69) is 26.8 Å². The van der Waals surface area contributed by atoms with Gasteiger partial charge in [-0.3, -0.25) is 0 Å². The largest absolute Gasteiger partial charge is 0.486 e. The number of fused-ring (bicyclic) bond motifs is 2. The van der Waals surface area contributed by atoms with Crippen molar-refractivity contribution in [3.05, 3.63) is 106 Å². The Morgan fingerprint density at radius 3 is 2.55 bits per heavy atom. The van der Waals surface area contributed by atoms with Crippen LogP contribution in [0.15, 0.2) is 54.7 Å². The number of rotatable bonds is 5. The molecule has 3 aromatic carbocycles. The van der Waals surface area contributed by atoms with Gasteiger partial charge in [-0.1, -0.05) is 24.3 Å². The Hall–Kier alpha value is -3.98. The molecule has 0 amide bonds. The summed E-state index contributed by atoms with van der Waals surface area (Å²) in [6, 6.07) is 13.2. The van der Waals surface area contributed by atoms with Gasteiger partial charge in [-0.05, 0) is 105 Å². The number of nitrogens with zero attached hydrogens (tertiary/aromatic N) is 4. The highest BCUT2D eigenvalue weighted by molar-refractivity contribution is 5.72. The lowest BCUT2D eigenvalue weighted by Gasteiger charge is -2.40. The van der Waals surface area contributed by atoms with Crippen LogP contribution in [0, 0.1) is 23.3 Å². The molecular weight excluding hydrogens is 568 g/mol. The van der Waals surface area contributed by atoms with E-state index in [1.54, 1.807) is 12.1 Å². The van der Waals surface area contributed by atoms with Gasteiger partial charge in [0.2, 0.25) is 0 Å². The van der Waals surface area contributed by atoms with Crippen molar-refractivity contribution in [2.75, 3.05) is 38.2 Å². The van der Waals surface area contributed by atoms with Crippen LogP contribution in [0.4, 0.5) is 23.2 Å². The molecule has 1 atom stereocenters. The third-order valence-corrected chi connectivity index (χ3v) is 9.41. The Bertz CT molecular complexity index is 1700. The van der Waals surface area contributed by atoms with Crippen molar-refractivity contribution in [1.82, 2.24) is 14.9 Å². The molecule has 3 aliphatic rings. The summed E-state index contributed by atoms with van der Waals surface area (Å²) in [5.74, 6) is -1.18. The fourth-order valence-corrected chi connectivity index (χ4v) is 7.01. The second kappa shape index (κ2) is 11.8. The van der Waals surface area contributed by atoms with Gasteiger partial charge in [0.1, 0.15) is 29.8 Å². The van der Waals surface area contributed by atoms with E-state index in [9.17, 15) is 4.39 Å². The van der Waals surface area contributed by atoms with Gasteiger partial charge in [-0.25, -0.2) is 27.5 Å². The van der Waals surface area contributed by atoms with Crippen molar-refractivity contribution in [2.24, 2.45) is 0 Å². The van der Waals surface area contributed by atoms with E-state index in [1.807, 2.05) is 18.2 Å². The van der Waals surface area contributed by atoms with Gasteiger partial charge in [0.05, 0.1) is 18.4 Å². The number of halogens is 4. The Labute approximate surface area is 254 Å². The van der Waals surface area contributed by atoms with Crippen LogP contribution >= 0.6 is 0 Å². The number of aromatic nitrogens is 2. The molecule has 0 N–H and O–H groups in total. The van der Waals surface area contributed by atoms with Crippen LogP contribution in [-0.2, 0) is 19.3 Å². The summed E-state index contributed by atoms with van der Waals surface area (Å²) in [6.07, 6.45) is 5.11. The van der Waals surface area contributed by atoms with E-state index < -0.39 is 11.6 Å². The number of piperidine rings is 1. The molecule has 1 unspecified atom stereocenters. The predicted molar refractivity (Wildman–Crippen MR) is 161 cm³/mol. The molecule has 0 saturated carbocycles. The van der Waals surface area contributed by atoms with E-state index in [4.69, 9.17) is 4.74 Å². The predicted octanol–water partition coefficient (Wildman–Crippen LogP) is 6.86. The molecule has 1 aliphatic carbocycles.